The summed E-state index contributed by atoms with van der Waals surface area (Å²) in [6, 6.07) is 7.52. The van der Waals surface area contributed by atoms with Gasteiger partial charge in [0.15, 0.2) is 0 Å². The van der Waals surface area contributed by atoms with Crippen molar-refractivity contribution in [2.45, 2.75) is 56.3 Å². The van der Waals surface area contributed by atoms with Crippen LogP contribution in [0.2, 0.25) is 0 Å². The molecular formula is C15H22BrNS. The molecule has 0 aliphatic heterocycles. The summed E-state index contributed by atoms with van der Waals surface area (Å²) < 4.78 is 1.23. The number of benzene rings is 1. The first-order valence-electron chi connectivity index (χ1n) is 6.74. The number of halogens is 1. The van der Waals surface area contributed by atoms with Crippen LogP contribution >= 0.6 is 27.7 Å². The van der Waals surface area contributed by atoms with Crippen LogP contribution in [0.4, 0.5) is 0 Å². The quantitative estimate of drug-likeness (QED) is 0.750. The number of nitrogens with one attached hydrogen (secondary N) is 1. The summed E-state index contributed by atoms with van der Waals surface area (Å²) >= 11 is 5.66. The number of hydrogen-bond donors (Lipinski definition) is 1. The molecule has 3 heteroatoms. The number of rotatable bonds is 6. The Morgan fingerprint density at radius 3 is 2.61 bits per heavy atom. The molecule has 0 amide bonds. The van der Waals surface area contributed by atoms with Crippen LogP contribution < -0.4 is 5.32 Å². The maximum absolute atomic E-state index is 3.70. The van der Waals surface area contributed by atoms with E-state index in [4.69, 9.17) is 0 Å². The van der Waals surface area contributed by atoms with Gasteiger partial charge in [-0.3, -0.25) is 0 Å². The number of thioether (sulfide) groups is 1. The van der Waals surface area contributed by atoms with Gasteiger partial charge in [0.2, 0.25) is 0 Å². The largest absolute Gasteiger partial charge is 0.310 e. The van der Waals surface area contributed by atoms with Crippen molar-refractivity contribution < 1.29 is 0 Å². The van der Waals surface area contributed by atoms with Crippen LogP contribution in [0.1, 0.15) is 39.2 Å². The van der Waals surface area contributed by atoms with Gasteiger partial charge >= 0.3 is 0 Å². The lowest BCUT2D eigenvalue weighted by Gasteiger charge is -2.16. The van der Waals surface area contributed by atoms with Crippen molar-refractivity contribution in [3.8, 4) is 0 Å². The van der Waals surface area contributed by atoms with Gasteiger partial charge in [-0.25, -0.2) is 0 Å². The van der Waals surface area contributed by atoms with Gasteiger partial charge in [-0.2, -0.15) is 0 Å². The van der Waals surface area contributed by atoms with Crippen LogP contribution in [-0.2, 0) is 6.54 Å². The molecule has 1 saturated carbocycles. The Bertz CT molecular complexity index is 401. The summed E-state index contributed by atoms with van der Waals surface area (Å²) in [5, 5.41) is 4.20. The Labute approximate surface area is 123 Å². The van der Waals surface area contributed by atoms with Crippen molar-refractivity contribution in [1.82, 2.24) is 5.32 Å². The van der Waals surface area contributed by atoms with E-state index < -0.39 is 0 Å². The van der Waals surface area contributed by atoms with E-state index in [0.29, 0.717) is 11.2 Å². The Kier molecular flexibility index (Phi) is 5.16. The molecule has 1 atom stereocenters. The van der Waals surface area contributed by atoms with E-state index in [1.807, 2.05) is 11.8 Å². The summed E-state index contributed by atoms with van der Waals surface area (Å²) in [6.45, 7) is 7.84. The van der Waals surface area contributed by atoms with Gasteiger partial charge in [0, 0.05) is 27.2 Å². The zero-order valence-electron chi connectivity index (χ0n) is 11.4. The maximum atomic E-state index is 3.70. The Morgan fingerprint density at radius 2 is 2.06 bits per heavy atom. The van der Waals surface area contributed by atoms with Gasteiger partial charge in [-0.05, 0) is 52.4 Å². The second-order valence-corrected chi connectivity index (χ2v) is 7.76. The third-order valence-corrected chi connectivity index (χ3v) is 5.86. The fourth-order valence-electron chi connectivity index (χ4n) is 1.64. The minimum Gasteiger partial charge on any atom is -0.310 e. The van der Waals surface area contributed by atoms with E-state index in [1.165, 1.54) is 27.8 Å². The minimum absolute atomic E-state index is 0.650. The van der Waals surface area contributed by atoms with Crippen molar-refractivity contribution >= 4 is 27.7 Å². The Morgan fingerprint density at radius 1 is 1.33 bits per heavy atom. The van der Waals surface area contributed by atoms with Gasteiger partial charge < -0.3 is 5.32 Å². The molecule has 1 nitrogen and oxygen atoms in total. The highest BCUT2D eigenvalue weighted by Crippen LogP contribution is 2.34. The highest BCUT2D eigenvalue weighted by atomic mass is 79.9. The molecule has 1 fully saturated rings. The van der Waals surface area contributed by atoms with Crippen molar-refractivity contribution in [3.05, 3.63) is 28.2 Å². The van der Waals surface area contributed by atoms with Gasteiger partial charge in [0.25, 0.3) is 0 Å². The molecule has 0 heterocycles. The predicted octanol–water partition coefficient (Wildman–Crippen LogP) is 4.84. The van der Waals surface area contributed by atoms with E-state index >= 15 is 0 Å². The standard InChI is InChI=1S/C15H22BrNS/c1-10(2)11(3)18-15-7-4-12(8-14(15)16)9-17-13-5-6-13/h4,7-8,10-11,13,17H,5-6,9H2,1-3H3. The van der Waals surface area contributed by atoms with Crippen LogP contribution in [0, 0.1) is 5.92 Å². The van der Waals surface area contributed by atoms with E-state index in [1.54, 1.807) is 0 Å². The lowest BCUT2D eigenvalue weighted by atomic mass is 10.2. The van der Waals surface area contributed by atoms with Crippen molar-refractivity contribution in [2.75, 3.05) is 0 Å². The van der Waals surface area contributed by atoms with E-state index in [0.717, 1.165) is 12.6 Å². The third-order valence-electron chi connectivity index (χ3n) is 3.42. The summed E-state index contributed by atoms with van der Waals surface area (Å²) in [7, 11) is 0. The highest BCUT2D eigenvalue weighted by molar-refractivity contribution is 9.10. The SMILES string of the molecule is CC(C)C(C)Sc1ccc(CNC2CC2)cc1Br. The molecule has 1 aliphatic carbocycles. The Hall–Kier alpha value is 0.01000. The smallest absolute Gasteiger partial charge is 0.0314 e. The highest BCUT2D eigenvalue weighted by Gasteiger charge is 2.20. The molecule has 1 aliphatic rings. The second-order valence-electron chi connectivity index (χ2n) is 5.49. The van der Waals surface area contributed by atoms with Crippen molar-refractivity contribution in [3.63, 3.8) is 0 Å². The minimum atomic E-state index is 0.650. The third kappa shape index (κ3) is 4.29. The van der Waals surface area contributed by atoms with Crippen LogP contribution in [-0.4, -0.2) is 11.3 Å². The zero-order valence-corrected chi connectivity index (χ0v) is 13.8. The van der Waals surface area contributed by atoms with Gasteiger partial charge in [0.05, 0.1) is 0 Å². The summed E-state index contributed by atoms with van der Waals surface area (Å²) in [5.41, 5.74) is 1.37. The second kappa shape index (κ2) is 6.44. The number of hydrogen-bond acceptors (Lipinski definition) is 2. The van der Waals surface area contributed by atoms with Gasteiger partial charge in [-0.15, -0.1) is 11.8 Å². The molecule has 0 bridgehead atoms. The molecule has 0 saturated heterocycles. The molecule has 18 heavy (non-hydrogen) atoms. The monoisotopic (exact) mass is 327 g/mol. The topological polar surface area (TPSA) is 12.0 Å². The van der Waals surface area contributed by atoms with E-state index in [9.17, 15) is 0 Å². The first-order chi connectivity index (χ1) is 8.56. The molecule has 2 rings (SSSR count). The van der Waals surface area contributed by atoms with Crippen LogP contribution in [0.15, 0.2) is 27.6 Å². The molecule has 0 aromatic heterocycles. The average molecular weight is 328 g/mol. The summed E-state index contributed by atoms with van der Waals surface area (Å²) in [5.74, 6) is 0.707. The molecule has 100 valence electrons. The Balaban J connectivity index is 1.95. The molecule has 1 aromatic rings. The van der Waals surface area contributed by atoms with Crippen molar-refractivity contribution in [2.24, 2.45) is 5.92 Å². The molecule has 1 aromatic carbocycles. The van der Waals surface area contributed by atoms with Gasteiger partial charge in [0.1, 0.15) is 0 Å². The molecular weight excluding hydrogens is 306 g/mol. The lowest BCUT2D eigenvalue weighted by molar-refractivity contribution is 0.642. The molecule has 1 unspecified atom stereocenters. The fraction of sp³-hybridized carbons (Fsp3) is 0.600. The molecule has 1 N–H and O–H groups in total. The van der Waals surface area contributed by atoms with Gasteiger partial charge in [-0.1, -0.05) is 26.8 Å². The average Bonchev–Trinajstić information content (AvgIpc) is 3.13. The lowest BCUT2D eigenvalue weighted by Crippen LogP contribution is -2.15. The van der Waals surface area contributed by atoms with E-state index in [2.05, 4.69) is 60.2 Å². The fourth-order valence-corrected chi connectivity index (χ4v) is 3.33. The van der Waals surface area contributed by atoms with Crippen LogP contribution in [0.5, 0.6) is 0 Å². The molecule has 0 spiro atoms. The van der Waals surface area contributed by atoms with Crippen LogP contribution in [0.25, 0.3) is 0 Å². The summed E-state index contributed by atoms with van der Waals surface area (Å²) in [6.07, 6.45) is 2.70. The first kappa shape index (κ1) is 14.4. The first-order valence-corrected chi connectivity index (χ1v) is 8.42. The van der Waals surface area contributed by atoms with E-state index in [-0.39, 0.29) is 0 Å². The normalized spacial score (nSPS) is 17.2. The maximum Gasteiger partial charge on any atom is 0.0314 e. The predicted molar refractivity (Wildman–Crippen MR) is 84.2 cm³/mol. The van der Waals surface area contributed by atoms with Crippen LogP contribution in [0.3, 0.4) is 0 Å². The van der Waals surface area contributed by atoms with Crippen molar-refractivity contribution in [1.29, 1.82) is 0 Å². The summed E-state index contributed by atoms with van der Waals surface area (Å²) in [4.78, 5) is 1.35. The molecule has 0 radical (unpaired) electrons. The zero-order chi connectivity index (χ0) is 13.1.